The number of thiazole rings is 2. The number of carboxylic acids is 2. The van der Waals surface area contributed by atoms with E-state index < -0.39 is 83.2 Å². The second kappa shape index (κ2) is 74.8. The van der Waals surface area contributed by atoms with Crippen LogP contribution in [0.15, 0.2) is 69.5 Å². The van der Waals surface area contributed by atoms with Gasteiger partial charge in [-0.2, -0.15) is 0 Å². The molecule has 0 spiro atoms. The summed E-state index contributed by atoms with van der Waals surface area (Å²) in [4.78, 5) is 174. The number of amides is 5. The van der Waals surface area contributed by atoms with Crippen LogP contribution in [-0.4, -0.2) is 277 Å². The number of aromatic hydroxyl groups is 2. The lowest BCUT2D eigenvalue weighted by molar-refractivity contribution is -0.359. The van der Waals surface area contributed by atoms with Crippen LogP contribution in [0.3, 0.4) is 0 Å². The number of piperidine rings is 2. The number of likely N-dealkylation sites (N-methyl/N-ethyl adjacent to an activating group) is 2. The van der Waals surface area contributed by atoms with E-state index in [1.807, 2.05) is 51.6 Å². The number of phenols is 2. The number of Topliss-reactive ketones (excluding diaryl/α,β-unsaturated/α-hetero) is 3. The van der Waals surface area contributed by atoms with E-state index in [0.29, 0.717) is 94.3 Å². The molecule has 0 saturated carbocycles. The van der Waals surface area contributed by atoms with Crippen molar-refractivity contribution in [2.45, 2.75) is 295 Å². The Hall–Kier alpha value is -10.0. The fourth-order valence-corrected chi connectivity index (χ4v) is 18.3. The Morgan fingerprint density at radius 1 is 0.566 bits per heavy atom. The minimum Gasteiger partial charge on any atom is -0.550 e. The Morgan fingerprint density at radius 3 is 1.30 bits per heavy atom. The lowest BCUT2D eigenvalue weighted by atomic mass is 9.82. The molecule has 0 aliphatic carbocycles. The summed E-state index contributed by atoms with van der Waals surface area (Å²) in [7, 11) is 4.02. The number of hydrogen-bond acceptors (Lipinski definition) is 30. The van der Waals surface area contributed by atoms with Gasteiger partial charge in [-0.15, -0.1) is 22.7 Å². The van der Waals surface area contributed by atoms with E-state index in [4.69, 9.17) is 66.2 Å². The van der Waals surface area contributed by atoms with Gasteiger partial charge in [0.1, 0.15) is 58.3 Å². The average Bonchev–Trinajstić information content (AvgIpc) is 1.80. The van der Waals surface area contributed by atoms with Gasteiger partial charge in [-0.05, 0) is 187 Å². The summed E-state index contributed by atoms with van der Waals surface area (Å²) in [5.41, 5.74) is 21.0. The first-order chi connectivity index (χ1) is 69.0. The molecule has 816 valence electrons. The Balaban J connectivity index is 0.000000798. The maximum atomic E-state index is 14.8. The highest BCUT2D eigenvalue weighted by atomic mass is 35.5. The summed E-state index contributed by atoms with van der Waals surface area (Å²) in [6.07, 6.45) is 11.4. The number of azide groups is 2. The number of likely N-dealkylation sites (tertiary alicyclic amines) is 2. The van der Waals surface area contributed by atoms with Crippen LogP contribution < -0.4 is 26.8 Å². The van der Waals surface area contributed by atoms with Gasteiger partial charge in [0.2, 0.25) is 11.8 Å². The van der Waals surface area contributed by atoms with Crippen LogP contribution >= 0.6 is 34.3 Å². The van der Waals surface area contributed by atoms with E-state index in [1.54, 1.807) is 73.1 Å². The highest BCUT2D eigenvalue weighted by Gasteiger charge is 2.42. The Labute approximate surface area is 870 Å². The van der Waals surface area contributed by atoms with Crippen LogP contribution in [0.2, 0.25) is 0 Å². The molecule has 39 nitrogen and oxygen atoms in total. The van der Waals surface area contributed by atoms with Crippen molar-refractivity contribution in [2.24, 2.45) is 63.5 Å². The number of ketones is 3. The third-order valence-electron chi connectivity index (χ3n) is 24.9. The SMILES string of the molecule is CC(=O)[O-].CC(C)COC(=O)Cl.CCCO[C@H](C[C@H](C(C)C)N(CCC)C(=O)[C@@H](CC(=O)[C@H]1CCCCN1C)[C@@H](C)CC)c1nc(C(=O)N[C@@H](Cc2ccc(O)cc2)C[C@H](C)C(=O)CNC(=O)OCCOCCN=[N+]=[N-])cs1.CCCO[C@H](C[C@H](C(C)C)N(CCC)C(=O)[C@@H](CC(=O)[C@H]1CCCCN1C)[C@@H](C)CC)c1nc(C(=O)N[C@@H](Cc2ccc(O)cc2)C[C@H](C)C(=O)O)cs1.[N-]=[N+]=NCCOCCOC(=O)C[NH3+]. The predicted molar refractivity (Wildman–Crippen MR) is 555 cm³/mol. The third kappa shape index (κ3) is 52.9. The molecule has 2 saturated heterocycles. The number of carbonyl (C=O) groups excluding carboxylic acids is 11. The van der Waals surface area contributed by atoms with Crippen molar-refractivity contribution in [3.05, 3.63) is 113 Å². The number of phenolic OH excluding ortho intramolecular Hbond substituents is 2. The molecule has 2 fully saturated rings. The number of alkyl carbamates (subject to hydrolysis) is 1. The predicted octanol–water partition coefficient (Wildman–Crippen LogP) is 15.5. The van der Waals surface area contributed by atoms with E-state index in [0.717, 1.165) is 108 Å². The number of esters is 1. The first kappa shape index (κ1) is 131. The Morgan fingerprint density at radius 2 is 0.966 bits per heavy atom. The molecule has 4 aromatic rings. The van der Waals surface area contributed by atoms with Gasteiger partial charge in [0.15, 0.2) is 23.9 Å². The topological polar surface area (TPSA) is 553 Å². The highest BCUT2D eigenvalue weighted by molar-refractivity contribution is 7.10. The standard InChI is InChI=1S/C48H76N8O9S.C42H66N4O7S.C6H12N4O3.C5H9ClO2.C2H4O2/c1-9-20-56(47(61)38(33(6)11-3)28-42(58)40-14-12-13-21-55(40)8)41(32(4)5)29-44(64-22-10-2)46-53-39(31-66-46)45(60)52-36(27-35-15-17-37(57)18-16-35)26-34(7)43(59)30-50-48(62)65-25-24-63-23-19-51-54-49;1-9-19-46(41(50)33(28(6)11-3)24-37(48)35-14-12-13-20-45(35)8)36(27(4)5)25-38(53-21-10-2)40-44-34(26-54-40)39(49)43-31(22-29(7)42(51)52)23-30-15-17-32(47)18-16-30;7-5-6(11)13-4-3-12-2-1-9-10-8;1-4(2)3-8-5(6)7;1-2(3)4/h15-18,31-34,36,38,40-41,44,57H,9-14,19-30H2,1-8H3,(H,50,62)(H,52,60);15-18,26-29,31,33,35-36,38,47H,9-14,19-25H2,1-8H3,(H,43,49)(H,51,52);1-5,7H2;4H,3H2,1-2H3;1H3,(H,3,4)/t33-,34-,36+,38-,40+,41+,44+;28-,29-,31+,33-,35+,36+,38+;;;/m00.../s1. The molecule has 42 heteroatoms. The van der Waals surface area contributed by atoms with Gasteiger partial charge >= 0.3 is 23.5 Å². The van der Waals surface area contributed by atoms with Crippen molar-refractivity contribution in [3.63, 3.8) is 0 Å². The number of benzene rings is 2. The van der Waals surface area contributed by atoms with E-state index in [2.05, 4.69) is 130 Å². The number of aliphatic carboxylic acids is 2. The molecule has 0 unspecified atom stereocenters. The second-order valence-corrected chi connectivity index (χ2v) is 40.1. The number of rotatable bonds is 63. The van der Waals surface area contributed by atoms with Gasteiger partial charge in [0.05, 0.1) is 57.6 Å². The first-order valence-corrected chi connectivity index (χ1v) is 53.3. The molecule has 2 aromatic heterocycles. The van der Waals surface area contributed by atoms with Gasteiger partial charge in [-0.3, -0.25) is 48.2 Å². The summed E-state index contributed by atoms with van der Waals surface area (Å²) < 4.78 is 37.2. The minimum absolute atomic E-state index is 0.00931. The van der Waals surface area contributed by atoms with E-state index >= 15 is 0 Å². The van der Waals surface area contributed by atoms with Crippen molar-refractivity contribution < 1.29 is 117 Å². The molecule has 14 atom stereocenters. The lowest BCUT2D eigenvalue weighted by Crippen LogP contribution is -2.54. The number of aromatic nitrogens is 2. The molecule has 9 N–H and O–H groups in total. The maximum absolute atomic E-state index is 14.8. The van der Waals surface area contributed by atoms with Crippen LogP contribution in [0.4, 0.5) is 9.59 Å². The molecule has 0 radical (unpaired) electrons. The zero-order valence-corrected chi connectivity index (χ0v) is 91.4. The number of carbonyl (C=O) groups is 12. The molecule has 2 aliphatic rings. The number of quaternary nitrogens is 1. The zero-order chi connectivity index (χ0) is 109. The molecule has 4 heterocycles. The quantitative estimate of drug-likeness (QED) is 0.00410. The third-order valence-corrected chi connectivity index (χ3v) is 26.9. The number of carboxylic acid groups (broad SMARTS) is 2. The summed E-state index contributed by atoms with van der Waals surface area (Å²) in [5, 5.41) is 58.0. The summed E-state index contributed by atoms with van der Waals surface area (Å²) in [6, 6.07) is 11.6. The van der Waals surface area contributed by atoms with Crippen LogP contribution in [-0.2, 0) is 84.4 Å². The monoisotopic (exact) mass is 2100 g/mol. The normalized spacial score (nSPS) is 16.0. The molecular weight excluding hydrogens is 1930 g/mol. The van der Waals surface area contributed by atoms with Crippen molar-refractivity contribution in [3.8, 4) is 11.5 Å². The second-order valence-electron chi connectivity index (χ2n) is 38.0. The maximum Gasteiger partial charge on any atom is 0.407 e. The smallest absolute Gasteiger partial charge is 0.407 e. The molecule has 6 rings (SSSR count). The number of nitrogens with one attached hydrogen (secondary N) is 3. The average molecular weight is 2100 g/mol. The largest absolute Gasteiger partial charge is 0.550 e. The van der Waals surface area contributed by atoms with Crippen LogP contribution in [0.25, 0.3) is 20.9 Å². The minimum atomic E-state index is -1.08. The molecular formula is C103H167ClN16O23S2. The molecule has 2 aliphatic heterocycles. The van der Waals surface area contributed by atoms with Crippen molar-refractivity contribution in [1.29, 1.82) is 0 Å². The Kier molecular flexibility index (Phi) is 67.6. The fourth-order valence-electron chi connectivity index (χ4n) is 16.6. The Bertz CT molecular complexity index is 4560. The van der Waals surface area contributed by atoms with Gasteiger partial charge < -0.3 is 89.9 Å². The summed E-state index contributed by atoms with van der Waals surface area (Å²) in [6.45, 7) is 38.8. The van der Waals surface area contributed by atoms with Crippen molar-refractivity contribution >= 4 is 105 Å². The molecule has 5 amide bonds. The van der Waals surface area contributed by atoms with Crippen molar-refractivity contribution in [1.82, 2.24) is 45.5 Å². The zero-order valence-electron chi connectivity index (χ0n) is 89.0. The van der Waals surface area contributed by atoms with Gasteiger partial charge in [0, 0.05) is 145 Å². The van der Waals surface area contributed by atoms with Gasteiger partial charge in [-0.1, -0.05) is 171 Å². The molecule has 2 aromatic carbocycles. The van der Waals surface area contributed by atoms with E-state index in [9.17, 15) is 68.1 Å². The van der Waals surface area contributed by atoms with Gasteiger partial charge in [-0.25, -0.2) is 24.4 Å². The van der Waals surface area contributed by atoms with E-state index in [-0.39, 0.29) is 178 Å². The van der Waals surface area contributed by atoms with Crippen LogP contribution in [0.5, 0.6) is 11.5 Å². The molecule has 0 bridgehead atoms. The highest BCUT2D eigenvalue weighted by Crippen LogP contribution is 2.37. The van der Waals surface area contributed by atoms with Crippen LogP contribution in [0, 0.1) is 53.3 Å². The molecule has 145 heavy (non-hydrogen) atoms. The van der Waals surface area contributed by atoms with Gasteiger partial charge in [0.25, 0.3) is 11.8 Å². The number of halogens is 1. The summed E-state index contributed by atoms with van der Waals surface area (Å²) in [5.74, 6) is -4.41. The number of hydrogen-bond donors (Lipinski definition) is 7. The first-order valence-electron chi connectivity index (χ1n) is 51.2. The fraction of sp³-hybridized carbons (Fsp3) is 0.709. The number of ether oxygens (including phenoxy) is 7. The number of nitrogens with zero attached hydrogens (tertiary/aromatic N) is 12. The van der Waals surface area contributed by atoms with Crippen LogP contribution in [0.1, 0.15) is 288 Å². The van der Waals surface area contributed by atoms with E-state index in [1.165, 1.54) is 22.7 Å². The van der Waals surface area contributed by atoms with Crippen molar-refractivity contribution in [2.75, 3.05) is 126 Å². The lowest BCUT2D eigenvalue weighted by Gasteiger charge is -2.40. The summed E-state index contributed by atoms with van der Waals surface area (Å²) >= 11 is 7.53.